The fourth-order valence-corrected chi connectivity index (χ4v) is 4.58. The average Bonchev–Trinajstić information content (AvgIpc) is 3.63. The minimum atomic E-state index is -3.73. The Hall–Kier alpha value is -3.25. The van der Waals surface area contributed by atoms with Crippen LogP contribution in [0, 0.1) is 5.82 Å². The SMILES string of the molecule is CCS(=O)(=O)Nc1cc(Cl)cc(-c2nc(C3CC3)[nH]c2-c2ccnc(CC[C@H](C)NC(=O)OC)n2)c1F. The number of carbonyl (C=O) groups excluding carboxylic acids is 1. The minimum absolute atomic E-state index is 0.0514. The third-order valence-electron chi connectivity index (χ3n) is 5.94. The lowest BCUT2D eigenvalue weighted by Crippen LogP contribution is -2.32. The molecule has 37 heavy (non-hydrogen) atoms. The molecule has 0 spiro atoms. The van der Waals surface area contributed by atoms with E-state index in [9.17, 15) is 13.2 Å². The number of nitrogens with zero attached hydrogens (tertiary/aromatic N) is 3. The fraction of sp³-hybridized carbons (Fsp3) is 0.417. The number of hydrogen-bond acceptors (Lipinski definition) is 7. The molecule has 1 fully saturated rings. The zero-order valence-electron chi connectivity index (χ0n) is 20.6. The number of carbonyl (C=O) groups is 1. The number of benzene rings is 1. The number of hydrogen-bond donors (Lipinski definition) is 3. The van der Waals surface area contributed by atoms with Crippen LogP contribution < -0.4 is 10.0 Å². The molecule has 0 saturated heterocycles. The van der Waals surface area contributed by atoms with E-state index in [1.165, 1.54) is 26.2 Å². The van der Waals surface area contributed by atoms with Gasteiger partial charge >= 0.3 is 6.09 Å². The largest absolute Gasteiger partial charge is 0.453 e. The number of anilines is 1. The summed E-state index contributed by atoms with van der Waals surface area (Å²) in [5.74, 6) is 0.474. The van der Waals surface area contributed by atoms with Gasteiger partial charge in [-0.2, -0.15) is 0 Å². The summed E-state index contributed by atoms with van der Waals surface area (Å²) in [7, 11) is -2.43. The van der Waals surface area contributed by atoms with Crippen molar-refractivity contribution in [1.29, 1.82) is 0 Å². The smallest absolute Gasteiger partial charge is 0.407 e. The van der Waals surface area contributed by atoms with Crippen molar-refractivity contribution in [3.8, 4) is 22.6 Å². The van der Waals surface area contributed by atoms with E-state index in [1.54, 1.807) is 12.3 Å². The van der Waals surface area contributed by atoms with E-state index < -0.39 is 21.9 Å². The van der Waals surface area contributed by atoms with Gasteiger partial charge in [0.25, 0.3) is 0 Å². The summed E-state index contributed by atoms with van der Waals surface area (Å²) in [6.07, 6.45) is 4.07. The molecule has 13 heteroatoms. The van der Waals surface area contributed by atoms with E-state index in [1.807, 2.05) is 6.92 Å². The molecule has 3 N–H and O–H groups in total. The first kappa shape index (κ1) is 26.8. The quantitative estimate of drug-likeness (QED) is 0.334. The van der Waals surface area contributed by atoms with E-state index >= 15 is 4.39 Å². The molecule has 1 saturated carbocycles. The Bertz CT molecular complexity index is 1410. The van der Waals surface area contributed by atoms with Gasteiger partial charge in [-0.15, -0.1) is 0 Å². The Morgan fingerprint density at radius 3 is 2.76 bits per heavy atom. The van der Waals surface area contributed by atoms with E-state index in [0.717, 1.165) is 12.8 Å². The first-order valence-corrected chi connectivity index (χ1v) is 13.9. The first-order chi connectivity index (χ1) is 17.6. The molecule has 0 radical (unpaired) electrons. The number of halogens is 2. The zero-order valence-corrected chi connectivity index (χ0v) is 22.2. The van der Waals surface area contributed by atoms with Gasteiger partial charge in [-0.25, -0.2) is 32.6 Å². The summed E-state index contributed by atoms with van der Waals surface area (Å²) in [4.78, 5) is 28.4. The summed E-state index contributed by atoms with van der Waals surface area (Å²) < 4.78 is 46.7. The maximum absolute atomic E-state index is 15.6. The Kier molecular flexibility index (Phi) is 7.98. The van der Waals surface area contributed by atoms with Crippen LogP contribution in [0.2, 0.25) is 5.02 Å². The number of rotatable bonds is 10. The van der Waals surface area contributed by atoms with E-state index in [2.05, 4.69) is 34.7 Å². The molecule has 2 aromatic heterocycles. The van der Waals surface area contributed by atoms with Crippen molar-refractivity contribution >= 4 is 33.4 Å². The molecule has 0 aliphatic heterocycles. The number of imidazole rings is 1. The second-order valence-electron chi connectivity index (χ2n) is 8.87. The third-order valence-corrected chi connectivity index (χ3v) is 7.45. The van der Waals surface area contributed by atoms with Crippen LogP contribution in [0.15, 0.2) is 24.4 Å². The molecular weight excluding hydrogens is 523 g/mol. The van der Waals surface area contributed by atoms with Crippen LogP contribution in [0.4, 0.5) is 14.9 Å². The summed E-state index contributed by atoms with van der Waals surface area (Å²) in [6, 6.07) is 4.18. The van der Waals surface area contributed by atoms with Crippen molar-refractivity contribution < 1.29 is 22.3 Å². The number of nitrogens with one attached hydrogen (secondary N) is 3. The van der Waals surface area contributed by atoms with Gasteiger partial charge < -0.3 is 15.0 Å². The number of aromatic nitrogens is 4. The lowest BCUT2D eigenvalue weighted by Gasteiger charge is -2.13. The van der Waals surface area contributed by atoms with Crippen molar-refractivity contribution in [2.75, 3.05) is 17.6 Å². The van der Waals surface area contributed by atoms with Crippen LogP contribution >= 0.6 is 11.6 Å². The fourth-order valence-electron chi connectivity index (χ4n) is 3.73. The Labute approximate surface area is 219 Å². The number of alkyl carbamates (subject to hydrolysis) is 1. The van der Waals surface area contributed by atoms with Gasteiger partial charge in [0, 0.05) is 35.2 Å². The molecule has 0 bridgehead atoms. The van der Waals surface area contributed by atoms with E-state index in [4.69, 9.17) is 11.6 Å². The lowest BCUT2D eigenvalue weighted by atomic mass is 10.1. The second kappa shape index (κ2) is 11.0. The molecule has 1 amide bonds. The first-order valence-electron chi connectivity index (χ1n) is 11.9. The van der Waals surface area contributed by atoms with Gasteiger partial charge in [-0.05, 0) is 51.3 Å². The highest BCUT2D eigenvalue weighted by Crippen LogP contribution is 2.42. The standard InChI is InChI=1S/C24H28ClFN6O4S/c1-4-37(34,35)32-18-12-15(25)11-16(20(18)26)21-22(31-23(30-21)14-6-7-14)17-9-10-27-19(29-17)8-5-13(2)28-24(33)36-3/h9-14,32H,4-8H2,1-3H3,(H,28,33)(H,30,31)/t13-/m0/s1. The number of sulfonamides is 1. The molecule has 1 aliphatic carbocycles. The summed E-state index contributed by atoms with van der Waals surface area (Å²) >= 11 is 6.26. The highest BCUT2D eigenvalue weighted by atomic mass is 35.5. The highest BCUT2D eigenvalue weighted by Gasteiger charge is 2.30. The van der Waals surface area contributed by atoms with Gasteiger partial charge in [0.2, 0.25) is 10.0 Å². The summed E-state index contributed by atoms with van der Waals surface area (Å²) in [5, 5.41) is 2.86. The van der Waals surface area contributed by atoms with Gasteiger partial charge in [0.15, 0.2) is 5.82 Å². The van der Waals surface area contributed by atoms with Crippen molar-refractivity contribution in [3.63, 3.8) is 0 Å². The van der Waals surface area contributed by atoms with Crippen molar-refractivity contribution in [2.45, 2.75) is 51.5 Å². The number of aromatic amines is 1. The van der Waals surface area contributed by atoms with Crippen LogP contribution in [0.5, 0.6) is 0 Å². The highest BCUT2D eigenvalue weighted by molar-refractivity contribution is 7.92. The van der Waals surface area contributed by atoms with Crippen molar-refractivity contribution in [2.24, 2.45) is 0 Å². The molecule has 4 rings (SSSR count). The Balaban J connectivity index is 1.70. The number of H-pyrrole nitrogens is 1. The topological polar surface area (TPSA) is 139 Å². The van der Waals surface area contributed by atoms with Crippen molar-refractivity contribution in [3.05, 3.63) is 46.9 Å². The van der Waals surface area contributed by atoms with Gasteiger partial charge in [0.1, 0.15) is 17.3 Å². The van der Waals surface area contributed by atoms with Gasteiger partial charge in [-0.1, -0.05) is 11.6 Å². The maximum Gasteiger partial charge on any atom is 0.407 e. The molecule has 3 aromatic rings. The molecule has 1 atom stereocenters. The molecule has 10 nitrogen and oxygen atoms in total. The molecule has 2 heterocycles. The molecule has 1 aromatic carbocycles. The van der Waals surface area contributed by atoms with Crippen LogP contribution in [0.3, 0.4) is 0 Å². The zero-order chi connectivity index (χ0) is 26.7. The number of aryl methyl sites for hydroxylation is 1. The van der Waals surface area contributed by atoms with E-state index in [0.29, 0.717) is 35.9 Å². The maximum atomic E-state index is 15.6. The molecular formula is C24H28ClFN6O4S. The summed E-state index contributed by atoms with van der Waals surface area (Å²) in [6.45, 7) is 3.31. The van der Waals surface area contributed by atoms with Crippen LogP contribution in [-0.2, 0) is 21.2 Å². The van der Waals surface area contributed by atoms with Crippen LogP contribution in [-0.4, -0.2) is 53.4 Å². The van der Waals surface area contributed by atoms with Gasteiger partial charge in [0.05, 0.1) is 29.9 Å². The predicted molar refractivity (Wildman–Crippen MR) is 138 cm³/mol. The average molecular weight is 551 g/mol. The predicted octanol–water partition coefficient (Wildman–Crippen LogP) is 4.64. The minimum Gasteiger partial charge on any atom is -0.453 e. The Morgan fingerprint density at radius 1 is 1.32 bits per heavy atom. The van der Waals surface area contributed by atoms with Gasteiger partial charge in [-0.3, -0.25) is 4.72 Å². The number of ether oxygens (including phenoxy) is 1. The molecule has 0 unspecified atom stereocenters. The summed E-state index contributed by atoms with van der Waals surface area (Å²) in [5.41, 5.74) is 1.07. The lowest BCUT2D eigenvalue weighted by molar-refractivity contribution is 0.167. The number of methoxy groups -OCH3 is 1. The van der Waals surface area contributed by atoms with Crippen LogP contribution in [0.25, 0.3) is 22.6 Å². The van der Waals surface area contributed by atoms with Crippen LogP contribution in [0.1, 0.15) is 50.7 Å². The number of amides is 1. The molecule has 1 aliphatic rings. The normalized spacial score (nSPS) is 14.3. The van der Waals surface area contributed by atoms with Crippen molar-refractivity contribution in [1.82, 2.24) is 25.3 Å². The third kappa shape index (κ3) is 6.55. The van der Waals surface area contributed by atoms with E-state index in [-0.39, 0.29) is 39.7 Å². The second-order valence-corrected chi connectivity index (χ2v) is 11.3. The Morgan fingerprint density at radius 2 is 2.08 bits per heavy atom. The molecule has 198 valence electrons. The monoisotopic (exact) mass is 550 g/mol.